The third-order valence-corrected chi connectivity index (χ3v) is 2.87. The Kier molecular flexibility index (Phi) is 4.73. The summed E-state index contributed by atoms with van der Waals surface area (Å²) in [6, 6.07) is 9.81. The van der Waals surface area contributed by atoms with E-state index in [1.165, 1.54) is 5.57 Å². The first-order chi connectivity index (χ1) is 8.84. The van der Waals surface area contributed by atoms with Crippen LogP contribution in [0.2, 0.25) is 0 Å². The van der Waals surface area contributed by atoms with Crippen LogP contribution in [0.25, 0.3) is 6.08 Å². The summed E-state index contributed by atoms with van der Waals surface area (Å²) in [5, 5.41) is 6.15. The molecular weight excluding hydrogens is 224 g/mol. The molecule has 0 aromatic heterocycles. The van der Waals surface area contributed by atoms with Crippen LogP contribution in [0.5, 0.6) is 0 Å². The molecule has 0 fully saturated rings. The van der Waals surface area contributed by atoms with E-state index in [2.05, 4.69) is 16.7 Å². The number of carbonyl (C=O) groups is 1. The predicted octanol–water partition coefficient (Wildman–Crippen LogP) is 1.74. The number of benzene rings is 1. The molecule has 0 atom stereocenters. The number of amides is 1. The van der Waals surface area contributed by atoms with Crippen molar-refractivity contribution in [2.75, 3.05) is 19.6 Å². The largest absolute Gasteiger partial charge is 0.349 e. The van der Waals surface area contributed by atoms with E-state index < -0.39 is 0 Å². The van der Waals surface area contributed by atoms with Crippen LogP contribution < -0.4 is 10.6 Å². The van der Waals surface area contributed by atoms with Crippen LogP contribution in [0.3, 0.4) is 0 Å². The molecule has 0 unspecified atom stereocenters. The van der Waals surface area contributed by atoms with Crippen LogP contribution in [0.1, 0.15) is 12.0 Å². The van der Waals surface area contributed by atoms with E-state index in [1.807, 2.05) is 36.4 Å². The van der Waals surface area contributed by atoms with Crippen molar-refractivity contribution in [2.24, 2.45) is 0 Å². The molecule has 3 heteroatoms. The summed E-state index contributed by atoms with van der Waals surface area (Å²) < 4.78 is 0. The SMILES string of the molecule is O=C(/C=C/c1ccccc1)NCC1=CCNCC1. The maximum absolute atomic E-state index is 11.6. The molecule has 1 amide bonds. The fraction of sp³-hybridized carbons (Fsp3) is 0.267. The average molecular weight is 242 g/mol. The number of nitrogens with one attached hydrogen (secondary N) is 2. The zero-order valence-electron chi connectivity index (χ0n) is 10.4. The first kappa shape index (κ1) is 12.6. The highest BCUT2D eigenvalue weighted by Gasteiger charge is 2.03. The zero-order valence-corrected chi connectivity index (χ0v) is 10.4. The topological polar surface area (TPSA) is 41.1 Å². The molecule has 2 rings (SSSR count). The van der Waals surface area contributed by atoms with Crippen molar-refractivity contribution in [3.8, 4) is 0 Å². The van der Waals surface area contributed by atoms with Gasteiger partial charge in [-0.15, -0.1) is 0 Å². The van der Waals surface area contributed by atoms with Crippen LogP contribution in [0.15, 0.2) is 48.1 Å². The van der Waals surface area contributed by atoms with E-state index >= 15 is 0 Å². The van der Waals surface area contributed by atoms with Crippen molar-refractivity contribution in [2.45, 2.75) is 6.42 Å². The Balaban J connectivity index is 1.78. The lowest BCUT2D eigenvalue weighted by Crippen LogP contribution is -2.28. The van der Waals surface area contributed by atoms with E-state index in [0.29, 0.717) is 6.54 Å². The van der Waals surface area contributed by atoms with E-state index in [1.54, 1.807) is 6.08 Å². The molecule has 1 aliphatic heterocycles. The fourth-order valence-corrected chi connectivity index (χ4v) is 1.83. The second-order valence-corrected chi connectivity index (χ2v) is 4.28. The Hall–Kier alpha value is -1.87. The minimum atomic E-state index is -0.0433. The third kappa shape index (κ3) is 4.18. The summed E-state index contributed by atoms with van der Waals surface area (Å²) in [6.45, 7) is 2.56. The van der Waals surface area contributed by atoms with Crippen LogP contribution in [0.4, 0.5) is 0 Å². The summed E-state index contributed by atoms with van der Waals surface area (Å²) in [4.78, 5) is 11.6. The van der Waals surface area contributed by atoms with Gasteiger partial charge in [-0.25, -0.2) is 0 Å². The zero-order chi connectivity index (χ0) is 12.6. The van der Waals surface area contributed by atoms with Gasteiger partial charge >= 0.3 is 0 Å². The quantitative estimate of drug-likeness (QED) is 0.623. The van der Waals surface area contributed by atoms with Gasteiger partial charge in [0.05, 0.1) is 0 Å². The van der Waals surface area contributed by atoms with Gasteiger partial charge in [0.25, 0.3) is 0 Å². The molecule has 3 nitrogen and oxygen atoms in total. The van der Waals surface area contributed by atoms with Crippen molar-refractivity contribution in [1.29, 1.82) is 0 Å². The number of hydrogen-bond acceptors (Lipinski definition) is 2. The van der Waals surface area contributed by atoms with E-state index in [0.717, 1.165) is 25.1 Å². The van der Waals surface area contributed by atoms with Gasteiger partial charge in [0.15, 0.2) is 0 Å². The van der Waals surface area contributed by atoms with Crippen LogP contribution in [-0.2, 0) is 4.79 Å². The molecule has 18 heavy (non-hydrogen) atoms. The lowest BCUT2D eigenvalue weighted by Gasteiger charge is -2.13. The maximum Gasteiger partial charge on any atom is 0.244 e. The molecule has 1 heterocycles. The smallest absolute Gasteiger partial charge is 0.244 e. The van der Waals surface area contributed by atoms with Gasteiger partial charge in [-0.2, -0.15) is 0 Å². The first-order valence-corrected chi connectivity index (χ1v) is 6.24. The molecule has 0 radical (unpaired) electrons. The van der Waals surface area contributed by atoms with Crippen molar-refractivity contribution >= 4 is 12.0 Å². The monoisotopic (exact) mass is 242 g/mol. The van der Waals surface area contributed by atoms with Gasteiger partial charge in [0.2, 0.25) is 5.91 Å². The molecule has 0 spiro atoms. The Bertz CT molecular complexity index is 449. The maximum atomic E-state index is 11.6. The summed E-state index contributed by atoms with van der Waals surface area (Å²) in [5.74, 6) is -0.0433. The molecule has 1 aromatic rings. The molecule has 94 valence electrons. The molecule has 1 aromatic carbocycles. The molecule has 0 bridgehead atoms. The number of rotatable bonds is 4. The average Bonchev–Trinajstić information content (AvgIpc) is 2.45. The highest BCUT2D eigenvalue weighted by atomic mass is 16.1. The molecule has 2 N–H and O–H groups in total. The summed E-state index contributed by atoms with van der Waals surface area (Å²) in [5.41, 5.74) is 2.34. The Morgan fingerprint density at radius 2 is 2.17 bits per heavy atom. The minimum absolute atomic E-state index is 0.0433. The highest BCUT2D eigenvalue weighted by molar-refractivity contribution is 5.91. The predicted molar refractivity (Wildman–Crippen MR) is 74.1 cm³/mol. The van der Waals surface area contributed by atoms with Gasteiger partial charge in [-0.05, 0) is 24.6 Å². The normalized spacial score (nSPS) is 15.4. The van der Waals surface area contributed by atoms with Crippen LogP contribution in [-0.4, -0.2) is 25.5 Å². The van der Waals surface area contributed by atoms with E-state index in [9.17, 15) is 4.79 Å². The van der Waals surface area contributed by atoms with Crippen molar-refractivity contribution in [3.63, 3.8) is 0 Å². The Morgan fingerprint density at radius 3 is 2.89 bits per heavy atom. The fourth-order valence-electron chi connectivity index (χ4n) is 1.83. The van der Waals surface area contributed by atoms with Gasteiger partial charge < -0.3 is 10.6 Å². The molecule has 0 saturated heterocycles. The van der Waals surface area contributed by atoms with E-state index in [4.69, 9.17) is 0 Å². The minimum Gasteiger partial charge on any atom is -0.349 e. The summed E-state index contributed by atoms with van der Waals surface area (Å²) in [6.07, 6.45) is 6.57. The van der Waals surface area contributed by atoms with Gasteiger partial charge in [0.1, 0.15) is 0 Å². The summed E-state index contributed by atoms with van der Waals surface area (Å²) >= 11 is 0. The number of hydrogen-bond donors (Lipinski definition) is 2. The Morgan fingerprint density at radius 1 is 1.33 bits per heavy atom. The molecule has 1 aliphatic rings. The Labute approximate surface area is 108 Å². The number of carbonyl (C=O) groups excluding carboxylic acids is 1. The van der Waals surface area contributed by atoms with Crippen molar-refractivity contribution in [3.05, 3.63) is 53.6 Å². The second kappa shape index (κ2) is 6.77. The lowest BCUT2D eigenvalue weighted by atomic mass is 10.1. The van der Waals surface area contributed by atoms with Gasteiger partial charge in [-0.3, -0.25) is 4.79 Å². The van der Waals surface area contributed by atoms with E-state index in [-0.39, 0.29) is 5.91 Å². The molecule has 0 aliphatic carbocycles. The lowest BCUT2D eigenvalue weighted by molar-refractivity contribution is -0.116. The highest BCUT2D eigenvalue weighted by Crippen LogP contribution is 2.03. The van der Waals surface area contributed by atoms with Gasteiger partial charge in [-0.1, -0.05) is 42.0 Å². The van der Waals surface area contributed by atoms with Gasteiger partial charge in [0, 0.05) is 19.2 Å². The third-order valence-electron chi connectivity index (χ3n) is 2.87. The second-order valence-electron chi connectivity index (χ2n) is 4.28. The van der Waals surface area contributed by atoms with Crippen molar-refractivity contribution in [1.82, 2.24) is 10.6 Å². The first-order valence-electron chi connectivity index (χ1n) is 6.24. The van der Waals surface area contributed by atoms with Crippen LogP contribution >= 0.6 is 0 Å². The summed E-state index contributed by atoms with van der Waals surface area (Å²) in [7, 11) is 0. The van der Waals surface area contributed by atoms with Crippen molar-refractivity contribution < 1.29 is 4.79 Å². The molecule has 0 saturated carbocycles. The van der Waals surface area contributed by atoms with Crippen LogP contribution in [0, 0.1) is 0 Å². The molecular formula is C15H18N2O. The standard InChI is InChI=1S/C15H18N2O/c18-15(7-6-13-4-2-1-3-5-13)17-12-14-8-10-16-11-9-14/h1-8,16H,9-12H2,(H,17,18)/b7-6+.